The van der Waals surface area contributed by atoms with E-state index < -0.39 is 0 Å². The van der Waals surface area contributed by atoms with Crippen LogP contribution in [0.15, 0.2) is 22.7 Å². The largest absolute Gasteiger partial charge is 0.296 e. The van der Waals surface area contributed by atoms with Crippen LogP contribution in [-0.2, 0) is 11.4 Å². The molecule has 0 heterocycles. The Balaban J connectivity index is 2.51. The van der Waals surface area contributed by atoms with Gasteiger partial charge >= 0.3 is 0 Å². The number of benzene rings is 1. The van der Waals surface area contributed by atoms with Gasteiger partial charge in [0.25, 0.3) is 0 Å². The van der Waals surface area contributed by atoms with Crippen LogP contribution in [0.1, 0.15) is 26.3 Å². The predicted octanol–water partition coefficient (Wildman–Crippen LogP) is 3.41. The zero-order valence-electron chi connectivity index (χ0n) is 9.10. The first-order valence-corrected chi connectivity index (χ1v) is 5.52. The van der Waals surface area contributed by atoms with Crippen molar-refractivity contribution in [1.29, 1.82) is 0 Å². The summed E-state index contributed by atoms with van der Waals surface area (Å²) in [5.41, 5.74) is 3.58. The summed E-state index contributed by atoms with van der Waals surface area (Å²) in [6.45, 7) is 6.41. The molecule has 0 amide bonds. The van der Waals surface area contributed by atoms with Crippen molar-refractivity contribution in [3.8, 4) is 0 Å². The summed E-state index contributed by atoms with van der Waals surface area (Å²) in [6.07, 6.45) is 0. The first kappa shape index (κ1) is 12.6. The van der Waals surface area contributed by atoms with Crippen molar-refractivity contribution in [1.82, 2.24) is 5.48 Å². The van der Waals surface area contributed by atoms with Crippen LogP contribution in [0.2, 0.25) is 0 Å². The highest BCUT2D eigenvalue weighted by molar-refractivity contribution is 9.10. The molecule has 1 N–H and O–H groups in total. The van der Waals surface area contributed by atoms with Crippen molar-refractivity contribution in [2.24, 2.45) is 0 Å². The summed E-state index contributed by atoms with van der Waals surface area (Å²) >= 11 is 3.29. The Morgan fingerprint density at radius 2 is 2.07 bits per heavy atom. The Bertz CT molecular complexity index is 336. The van der Waals surface area contributed by atoms with Crippen molar-refractivity contribution >= 4 is 15.9 Å². The minimum atomic E-state index is -0.248. The first-order chi connectivity index (χ1) is 6.88. The normalized spacial score (nSPS) is 11.8. The summed E-state index contributed by atoms with van der Waals surface area (Å²) in [7, 11) is 0. The van der Waals surface area contributed by atoms with Gasteiger partial charge in [-0.1, -0.05) is 22.0 Å². The second-order valence-electron chi connectivity index (χ2n) is 4.27. The molecule has 1 rings (SSSR count). The van der Waals surface area contributed by atoms with Gasteiger partial charge in [-0.25, -0.2) is 4.39 Å². The van der Waals surface area contributed by atoms with Gasteiger partial charge in [-0.15, -0.1) is 0 Å². The molecule has 1 aromatic carbocycles. The van der Waals surface area contributed by atoms with E-state index in [4.69, 9.17) is 4.84 Å². The zero-order valence-corrected chi connectivity index (χ0v) is 10.7. The highest BCUT2D eigenvalue weighted by Gasteiger charge is 2.10. The molecular formula is C11H15BrFNO. The van der Waals surface area contributed by atoms with E-state index in [9.17, 15) is 4.39 Å². The second kappa shape index (κ2) is 5.05. The molecule has 0 spiro atoms. The van der Waals surface area contributed by atoms with Crippen LogP contribution in [0.25, 0.3) is 0 Å². The van der Waals surface area contributed by atoms with Gasteiger partial charge in [0.1, 0.15) is 5.82 Å². The second-order valence-corrected chi connectivity index (χ2v) is 5.13. The van der Waals surface area contributed by atoms with E-state index >= 15 is 0 Å². The fourth-order valence-corrected chi connectivity index (χ4v) is 1.49. The van der Waals surface area contributed by atoms with E-state index in [1.165, 1.54) is 12.1 Å². The summed E-state index contributed by atoms with van der Waals surface area (Å²) in [5.74, 6) is -0.248. The first-order valence-electron chi connectivity index (χ1n) is 4.73. The predicted molar refractivity (Wildman–Crippen MR) is 61.8 cm³/mol. The standard InChI is InChI=1S/C11H15BrFNO/c1-11(2,3)15-14-7-8-4-5-9(13)6-10(8)12/h4-6,14H,7H2,1-3H3. The van der Waals surface area contributed by atoms with Gasteiger partial charge < -0.3 is 0 Å². The Morgan fingerprint density at radius 3 is 2.60 bits per heavy atom. The lowest BCUT2D eigenvalue weighted by molar-refractivity contribution is -0.0758. The SMILES string of the molecule is CC(C)(C)ONCc1ccc(F)cc1Br. The molecular weight excluding hydrogens is 261 g/mol. The molecule has 15 heavy (non-hydrogen) atoms. The van der Waals surface area contributed by atoms with Crippen LogP contribution in [0.4, 0.5) is 4.39 Å². The van der Waals surface area contributed by atoms with Gasteiger partial charge in [-0.2, -0.15) is 5.48 Å². The van der Waals surface area contributed by atoms with Crippen LogP contribution in [0.5, 0.6) is 0 Å². The number of rotatable bonds is 3. The Hall–Kier alpha value is -0.450. The van der Waals surface area contributed by atoms with Gasteiger partial charge in [0.05, 0.1) is 5.60 Å². The van der Waals surface area contributed by atoms with E-state index in [0.29, 0.717) is 6.54 Å². The van der Waals surface area contributed by atoms with Crippen molar-refractivity contribution in [2.75, 3.05) is 0 Å². The van der Waals surface area contributed by atoms with Crippen molar-refractivity contribution in [3.05, 3.63) is 34.1 Å². The molecule has 0 aliphatic heterocycles. The Kier molecular flexibility index (Phi) is 4.25. The highest BCUT2D eigenvalue weighted by atomic mass is 79.9. The average Bonchev–Trinajstić information content (AvgIpc) is 2.07. The minimum Gasteiger partial charge on any atom is -0.296 e. The molecule has 84 valence electrons. The smallest absolute Gasteiger partial charge is 0.124 e. The summed E-state index contributed by atoms with van der Waals surface area (Å²) in [4.78, 5) is 5.35. The number of hydrogen-bond acceptors (Lipinski definition) is 2. The van der Waals surface area contributed by atoms with Crippen molar-refractivity contribution < 1.29 is 9.23 Å². The maximum atomic E-state index is 12.8. The van der Waals surface area contributed by atoms with Gasteiger partial charge in [0, 0.05) is 11.0 Å². The molecule has 0 aliphatic carbocycles. The zero-order chi connectivity index (χ0) is 11.5. The van der Waals surface area contributed by atoms with Crippen molar-refractivity contribution in [3.63, 3.8) is 0 Å². The lowest BCUT2D eigenvalue weighted by atomic mass is 10.2. The molecule has 0 bridgehead atoms. The van der Waals surface area contributed by atoms with Gasteiger partial charge in [-0.05, 0) is 38.5 Å². The van der Waals surface area contributed by atoms with E-state index in [1.54, 1.807) is 6.07 Å². The van der Waals surface area contributed by atoms with E-state index in [-0.39, 0.29) is 11.4 Å². The average molecular weight is 276 g/mol. The van der Waals surface area contributed by atoms with Crippen LogP contribution in [-0.4, -0.2) is 5.60 Å². The van der Waals surface area contributed by atoms with Crippen LogP contribution < -0.4 is 5.48 Å². The topological polar surface area (TPSA) is 21.3 Å². The van der Waals surface area contributed by atoms with Gasteiger partial charge in [-0.3, -0.25) is 4.84 Å². The molecule has 0 aromatic heterocycles. The maximum absolute atomic E-state index is 12.8. The monoisotopic (exact) mass is 275 g/mol. The lowest BCUT2D eigenvalue weighted by Gasteiger charge is -2.19. The number of hydroxylamine groups is 1. The van der Waals surface area contributed by atoms with Crippen LogP contribution in [0.3, 0.4) is 0 Å². The Labute approximate surface area is 97.9 Å². The lowest BCUT2D eigenvalue weighted by Crippen LogP contribution is -2.28. The van der Waals surface area contributed by atoms with E-state index in [1.807, 2.05) is 20.8 Å². The van der Waals surface area contributed by atoms with Crippen LogP contribution in [0, 0.1) is 5.82 Å². The fourth-order valence-electron chi connectivity index (χ4n) is 0.995. The van der Waals surface area contributed by atoms with Crippen molar-refractivity contribution in [2.45, 2.75) is 32.9 Å². The molecule has 0 atom stereocenters. The highest BCUT2D eigenvalue weighted by Crippen LogP contribution is 2.18. The van der Waals surface area contributed by atoms with Crippen LogP contribution >= 0.6 is 15.9 Å². The molecule has 0 radical (unpaired) electrons. The van der Waals surface area contributed by atoms with Gasteiger partial charge in [0.2, 0.25) is 0 Å². The van der Waals surface area contributed by atoms with E-state index in [0.717, 1.165) is 10.0 Å². The molecule has 0 unspecified atom stereocenters. The minimum absolute atomic E-state index is 0.230. The molecule has 2 nitrogen and oxygen atoms in total. The third-order valence-corrected chi connectivity index (χ3v) is 2.39. The molecule has 0 fully saturated rings. The molecule has 0 saturated carbocycles. The third-order valence-electron chi connectivity index (χ3n) is 1.66. The summed E-state index contributed by atoms with van der Waals surface area (Å²) in [5, 5.41) is 0. The quantitative estimate of drug-likeness (QED) is 0.854. The fraction of sp³-hybridized carbons (Fsp3) is 0.455. The molecule has 0 aliphatic rings. The summed E-state index contributed by atoms with van der Waals surface area (Å²) in [6, 6.07) is 4.59. The maximum Gasteiger partial charge on any atom is 0.124 e. The number of hydrogen-bond donors (Lipinski definition) is 1. The number of nitrogens with one attached hydrogen (secondary N) is 1. The van der Waals surface area contributed by atoms with Gasteiger partial charge in [0.15, 0.2) is 0 Å². The van der Waals surface area contributed by atoms with E-state index in [2.05, 4.69) is 21.4 Å². The number of halogens is 2. The molecule has 0 saturated heterocycles. The molecule has 4 heteroatoms. The third kappa shape index (κ3) is 4.73. The summed E-state index contributed by atoms with van der Waals surface area (Å²) < 4.78 is 13.5. The Morgan fingerprint density at radius 1 is 1.40 bits per heavy atom. The molecule has 1 aromatic rings.